The van der Waals surface area contributed by atoms with E-state index in [1.165, 1.54) is 30.5 Å². The molecule has 0 aromatic heterocycles. The molecule has 0 saturated carbocycles. The number of halogens is 1. The minimum absolute atomic E-state index is 0. The summed E-state index contributed by atoms with van der Waals surface area (Å²) in [5.41, 5.74) is 4.51. The Balaban J connectivity index is 0.00000156. The molecule has 2 nitrogen and oxygen atoms in total. The Morgan fingerprint density at radius 3 is 2.39 bits per heavy atom. The quantitative estimate of drug-likeness (QED) is 0.807. The van der Waals surface area contributed by atoms with Crippen LogP contribution in [0.1, 0.15) is 41.4 Å². The highest BCUT2D eigenvalue weighted by molar-refractivity contribution is 5.85. The van der Waals surface area contributed by atoms with Gasteiger partial charge >= 0.3 is 0 Å². The molecule has 1 fully saturated rings. The Morgan fingerprint density at radius 2 is 1.70 bits per heavy atom. The second-order valence-electron chi connectivity index (χ2n) is 6.63. The van der Waals surface area contributed by atoms with Gasteiger partial charge in [-0.25, -0.2) is 0 Å². The van der Waals surface area contributed by atoms with Gasteiger partial charge in [0.1, 0.15) is 5.75 Å². The number of likely N-dealkylation sites (N-methyl/N-ethyl adjacent to an activating group) is 1. The predicted molar refractivity (Wildman–Crippen MR) is 96.9 cm³/mol. The van der Waals surface area contributed by atoms with E-state index in [1.54, 1.807) is 12.7 Å². The highest BCUT2D eigenvalue weighted by atomic mass is 35.5. The van der Waals surface area contributed by atoms with Crippen LogP contribution in [0.2, 0.25) is 0 Å². The number of hydrogen-bond donors (Lipinski definition) is 0. The Bertz CT molecular complexity index is 670. The van der Waals surface area contributed by atoms with Crippen LogP contribution in [0.4, 0.5) is 0 Å². The minimum atomic E-state index is 0. The number of benzene rings is 2. The van der Waals surface area contributed by atoms with Gasteiger partial charge in [-0.05, 0) is 55.3 Å². The van der Waals surface area contributed by atoms with E-state index in [4.69, 9.17) is 4.74 Å². The van der Waals surface area contributed by atoms with Gasteiger partial charge in [0.2, 0.25) is 0 Å². The maximum Gasteiger partial charge on any atom is 0.118 e. The molecule has 4 rings (SSSR count). The number of fused-ring (bicyclic) bond motifs is 3. The van der Waals surface area contributed by atoms with Crippen LogP contribution in [0.15, 0.2) is 48.5 Å². The van der Waals surface area contributed by atoms with Crippen LogP contribution >= 0.6 is 12.4 Å². The smallest absolute Gasteiger partial charge is 0.118 e. The molecule has 0 amide bonds. The second-order valence-corrected chi connectivity index (χ2v) is 6.63. The number of likely N-dealkylation sites (tertiary alicyclic amines) is 1. The zero-order valence-electron chi connectivity index (χ0n) is 13.7. The largest absolute Gasteiger partial charge is 0.497 e. The molecule has 2 aliphatic rings. The topological polar surface area (TPSA) is 12.5 Å². The third-order valence-corrected chi connectivity index (χ3v) is 5.59. The van der Waals surface area contributed by atoms with E-state index in [-0.39, 0.29) is 12.4 Å². The lowest BCUT2D eigenvalue weighted by Crippen LogP contribution is -2.34. The van der Waals surface area contributed by atoms with Crippen LogP contribution in [0.25, 0.3) is 0 Å². The predicted octanol–water partition coefficient (Wildman–Crippen LogP) is 4.44. The minimum Gasteiger partial charge on any atom is -0.497 e. The van der Waals surface area contributed by atoms with Crippen molar-refractivity contribution in [2.24, 2.45) is 0 Å². The molecule has 0 radical (unpaired) electrons. The Labute approximate surface area is 144 Å². The lowest BCUT2D eigenvalue weighted by atomic mass is 9.71. The van der Waals surface area contributed by atoms with E-state index in [0.29, 0.717) is 12.0 Å². The Morgan fingerprint density at radius 1 is 1.00 bits per heavy atom. The highest BCUT2D eigenvalue weighted by Crippen LogP contribution is 2.47. The van der Waals surface area contributed by atoms with E-state index >= 15 is 0 Å². The molecule has 3 heteroatoms. The summed E-state index contributed by atoms with van der Waals surface area (Å²) in [7, 11) is 4.01. The zero-order chi connectivity index (χ0) is 15.1. The maximum absolute atomic E-state index is 5.30. The first-order valence-corrected chi connectivity index (χ1v) is 8.21. The highest BCUT2D eigenvalue weighted by Gasteiger charge is 2.40. The molecule has 23 heavy (non-hydrogen) atoms. The van der Waals surface area contributed by atoms with Crippen molar-refractivity contribution in [2.45, 2.75) is 30.7 Å². The standard InChI is InChI=1S/C20H23NO.ClH/c1-21-12-11-18-16-5-3-4-6-17(16)19(13-20(18)21)14-7-9-15(22-2)10-8-14;/h3-10,18-20H,11-13H2,1-2H3;1H/t18-,19+,20+;/m1./s1. The van der Waals surface area contributed by atoms with E-state index in [9.17, 15) is 0 Å². The van der Waals surface area contributed by atoms with Crippen molar-refractivity contribution in [1.82, 2.24) is 4.90 Å². The number of nitrogens with zero attached hydrogens (tertiary/aromatic N) is 1. The van der Waals surface area contributed by atoms with E-state index in [0.717, 1.165) is 11.7 Å². The Hall–Kier alpha value is -1.51. The van der Waals surface area contributed by atoms with Crippen LogP contribution in [0, 0.1) is 0 Å². The van der Waals surface area contributed by atoms with Crippen molar-refractivity contribution in [3.63, 3.8) is 0 Å². The molecule has 0 unspecified atom stereocenters. The van der Waals surface area contributed by atoms with Crippen LogP contribution in [0.5, 0.6) is 5.75 Å². The summed E-state index contributed by atoms with van der Waals surface area (Å²) in [4.78, 5) is 2.55. The van der Waals surface area contributed by atoms with Gasteiger partial charge in [-0.1, -0.05) is 36.4 Å². The van der Waals surface area contributed by atoms with Gasteiger partial charge in [0.15, 0.2) is 0 Å². The summed E-state index contributed by atoms with van der Waals surface area (Å²) < 4.78 is 5.30. The number of methoxy groups -OCH3 is 1. The van der Waals surface area contributed by atoms with Crippen molar-refractivity contribution in [3.05, 3.63) is 65.2 Å². The van der Waals surface area contributed by atoms with Gasteiger partial charge in [0.05, 0.1) is 7.11 Å². The molecule has 0 bridgehead atoms. The Kier molecular flexibility index (Phi) is 4.65. The van der Waals surface area contributed by atoms with Crippen LogP contribution < -0.4 is 4.74 Å². The van der Waals surface area contributed by atoms with Gasteiger partial charge in [-0.2, -0.15) is 0 Å². The molecule has 1 aliphatic carbocycles. The SMILES string of the molecule is COc1ccc([C@@H]2C[C@H]3[C@H](CCN3C)c3ccccc32)cc1.Cl. The molecule has 2 aromatic rings. The molecule has 122 valence electrons. The van der Waals surface area contributed by atoms with Crippen molar-refractivity contribution in [2.75, 3.05) is 20.7 Å². The van der Waals surface area contributed by atoms with Gasteiger partial charge in [-0.3, -0.25) is 0 Å². The van der Waals surface area contributed by atoms with Crippen molar-refractivity contribution >= 4 is 12.4 Å². The van der Waals surface area contributed by atoms with Crippen LogP contribution in [-0.2, 0) is 0 Å². The average Bonchev–Trinajstić information content (AvgIpc) is 2.96. The molecular formula is C20H24ClNO. The normalized spacial score (nSPS) is 26.1. The lowest BCUT2D eigenvalue weighted by Gasteiger charge is -2.37. The summed E-state index contributed by atoms with van der Waals surface area (Å²) >= 11 is 0. The third-order valence-electron chi connectivity index (χ3n) is 5.59. The fourth-order valence-electron chi connectivity index (χ4n) is 4.40. The van der Waals surface area contributed by atoms with Gasteiger partial charge in [0.25, 0.3) is 0 Å². The third kappa shape index (κ3) is 2.75. The van der Waals surface area contributed by atoms with E-state index in [1.807, 2.05) is 0 Å². The number of hydrogen-bond acceptors (Lipinski definition) is 2. The van der Waals surface area contributed by atoms with Crippen molar-refractivity contribution < 1.29 is 4.74 Å². The molecule has 3 atom stereocenters. The van der Waals surface area contributed by atoms with Crippen LogP contribution in [0.3, 0.4) is 0 Å². The van der Waals surface area contributed by atoms with Gasteiger partial charge < -0.3 is 9.64 Å². The first kappa shape index (κ1) is 16.4. The van der Waals surface area contributed by atoms with Crippen LogP contribution in [-0.4, -0.2) is 31.6 Å². The summed E-state index contributed by atoms with van der Waals surface area (Å²) in [5.74, 6) is 2.16. The molecule has 0 spiro atoms. The van der Waals surface area contributed by atoms with Gasteiger partial charge in [-0.15, -0.1) is 12.4 Å². The average molecular weight is 330 g/mol. The van der Waals surface area contributed by atoms with Crippen molar-refractivity contribution in [3.8, 4) is 5.75 Å². The summed E-state index contributed by atoms with van der Waals surface area (Å²) in [6.07, 6.45) is 2.53. The van der Waals surface area contributed by atoms with Gasteiger partial charge in [0, 0.05) is 17.9 Å². The maximum atomic E-state index is 5.30. The van der Waals surface area contributed by atoms with E-state index in [2.05, 4.69) is 60.5 Å². The zero-order valence-corrected chi connectivity index (χ0v) is 14.6. The molecule has 1 heterocycles. The first-order chi connectivity index (χ1) is 10.8. The molecular weight excluding hydrogens is 306 g/mol. The first-order valence-electron chi connectivity index (χ1n) is 8.21. The second kappa shape index (κ2) is 6.54. The van der Waals surface area contributed by atoms with Crippen molar-refractivity contribution in [1.29, 1.82) is 0 Å². The number of rotatable bonds is 2. The summed E-state index contributed by atoms with van der Waals surface area (Å²) in [6, 6.07) is 18.4. The monoisotopic (exact) mass is 329 g/mol. The molecule has 1 aliphatic heterocycles. The number of ether oxygens (including phenoxy) is 1. The molecule has 0 N–H and O–H groups in total. The fourth-order valence-corrected chi connectivity index (χ4v) is 4.40. The summed E-state index contributed by atoms with van der Waals surface area (Å²) in [6.45, 7) is 1.22. The fraction of sp³-hybridized carbons (Fsp3) is 0.400. The molecule has 1 saturated heterocycles. The van der Waals surface area contributed by atoms with E-state index < -0.39 is 0 Å². The lowest BCUT2D eigenvalue weighted by molar-refractivity contribution is 0.265. The summed E-state index contributed by atoms with van der Waals surface area (Å²) in [5, 5.41) is 0. The molecule has 2 aromatic carbocycles.